The summed E-state index contributed by atoms with van der Waals surface area (Å²) in [5.41, 5.74) is 4.43. The van der Waals surface area contributed by atoms with Gasteiger partial charge in [0.15, 0.2) is 23.0 Å². The number of methoxy groups -OCH3 is 1. The molecule has 0 saturated carbocycles. The molecular weight excluding hydrogens is 462 g/mol. The summed E-state index contributed by atoms with van der Waals surface area (Å²) in [6, 6.07) is 6.23. The molecule has 2 aromatic heterocycles. The molecule has 0 bridgehead atoms. The van der Waals surface area contributed by atoms with Crippen LogP contribution in [-0.4, -0.2) is 58.9 Å². The van der Waals surface area contributed by atoms with Gasteiger partial charge in [0.25, 0.3) is 5.91 Å². The minimum atomic E-state index is -0.385. The fourth-order valence-corrected chi connectivity index (χ4v) is 5.83. The van der Waals surface area contributed by atoms with Crippen LogP contribution in [0.2, 0.25) is 0 Å². The van der Waals surface area contributed by atoms with E-state index in [2.05, 4.69) is 29.0 Å². The predicted octanol–water partition coefficient (Wildman–Crippen LogP) is 5.05. The normalized spacial score (nSPS) is 16.7. The van der Waals surface area contributed by atoms with E-state index in [0.29, 0.717) is 31.2 Å². The maximum Gasteiger partial charge on any atom is 0.274 e. The van der Waals surface area contributed by atoms with Crippen LogP contribution in [0.25, 0.3) is 16.4 Å². The van der Waals surface area contributed by atoms with Crippen LogP contribution in [0.3, 0.4) is 0 Å². The van der Waals surface area contributed by atoms with Gasteiger partial charge in [-0.2, -0.15) is 0 Å². The molecule has 1 aromatic carbocycles. The lowest BCUT2D eigenvalue weighted by Gasteiger charge is -2.41. The Bertz CT molecular complexity index is 1270. The largest absolute Gasteiger partial charge is 0.493 e. The lowest BCUT2D eigenvalue weighted by atomic mass is 9.98. The number of morpholine rings is 1. The summed E-state index contributed by atoms with van der Waals surface area (Å²) in [4.78, 5) is 21.9. The molecule has 2 aliphatic rings. The van der Waals surface area contributed by atoms with Crippen molar-refractivity contribution in [2.75, 3.05) is 26.9 Å². The number of aromatic nitrogens is 2. The minimum Gasteiger partial charge on any atom is -0.493 e. The van der Waals surface area contributed by atoms with Gasteiger partial charge >= 0.3 is 0 Å². The number of hydrogen-bond acceptors (Lipinski definition) is 6. The van der Waals surface area contributed by atoms with Crippen molar-refractivity contribution < 1.29 is 19.0 Å². The smallest absolute Gasteiger partial charge is 0.274 e. The number of amides is 1. The highest BCUT2D eigenvalue weighted by Crippen LogP contribution is 2.41. The van der Waals surface area contributed by atoms with Crippen molar-refractivity contribution in [1.82, 2.24) is 14.5 Å². The standard InChI is InChI=1S/C27H33N3O4S/c1-16(2)34-22-13-20-18(12-21(22)32-6)7-8-19-24(26(31)29-9-10-33-15-27(29,4)5)28-25(30(19)20)23-11-17(3)14-35-23/h11-14,16H,7-10,15H2,1-6H3. The fourth-order valence-electron chi connectivity index (χ4n) is 4.95. The Labute approximate surface area is 210 Å². The first kappa shape index (κ1) is 23.9. The number of rotatable bonds is 5. The number of nitrogens with zero attached hydrogens (tertiary/aromatic N) is 3. The number of hydrogen-bond donors (Lipinski definition) is 0. The van der Waals surface area contributed by atoms with Gasteiger partial charge in [-0.05, 0) is 76.1 Å². The Kier molecular flexibility index (Phi) is 6.13. The van der Waals surface area contributed by atoms with Crippen molar-refractivity contribution in [1.29, 1.82) is 0 Å². The first-order valence-corrected chi connectivity index (χ1v) is 13.0. The first-order valence-electron chi connectivity index (χ1n) is 12.1. The van der Waals surface area contributed by atoms with E-state index in [-0.39, 0.29) is 17.6 Å². The molecule has 2 aliphatic heterocycles. The molecule has 0 aliphatic carbocycles. The minimum absolute atomic E-state index is 0.00732. The molecule has 1 saturated heterocycles. The van der Waals surface area contributed by atoms with Crippen LogP contribution in [0.1, 0.15) is 55.0 Å². The third-order valence-corrected chi connectivity index (χ3v) is 7.66. The maximum atomic E-state index is 13.9. The second kappa shape index (κ2) is 8.99. The third-order valence-electron chi connectivity index (χ3n) is 6.62. The van der Waals surface area contributed by atoms with E-state index in [1.807, 2.05) is 38.7 Å². The number of carbonyl (C=O) groups is 1. The van der Waals surface area contributed by atoms with Crippen molar-refractivity contribution >= 4 is 17.2 Å². The zero-order valence-electron chi connectivity index (χ0n) is 21.3. The Hall–Kier alpha value is -2.84. The molecule has 1 fully saturated rings. The average Bonchev–Trinajstić information content (AvgIpc) is 3.41. The van der Waals surface area contributed by atoms with E-state index in [9.17, 15) is 4.79 Å². The summed E-state index contributed by atoms with van der Waals surface area (Å²) in [6.07, 6.45) is 1.53. The molecular formula is C27H33N3O4S. The van der Waals surface area contributed by atoms with Gasteiger partial charge in [0.2, 0.25) is 0 Å². The molecule has 0 spiro atoms. The van der Waals surface area contributed by atoms with E-state index in [1.165, 1.54) is 5.56 Å². The highest BCUT2D eigenvalue weighted by molar-refractivity contribution is 7.13. The van der Waals surface area contributed by atoms with Crippen LogP contribution in [0.4, 0.5) is 0 Å². The van der Waals surface area contributed by atoms with Gasteiger partial charge in [-0.3, -0.25) is 9.36 Å². The van der Waals surface area contributed by atoms with Crippen molar-refractivity contribution in [3.63, 3.8) is 0 Å². The van der Waals surface area contributed by atoms with Gasteiger partial charge in [0.05, 0.1) is 48.2 Å². The summed E-state index contributed by atoms with van der Waals surface area (Å²) < 4.78 is 19.6. The van der Waals surface area contributed by atoms with Crippen LogP contribution in [0, 0.1) is 6.92 Å². The number of benzene rings is 1. The summed E-state index contributed by atoms with van der Waals surface area (Å²) in [5, 5.41) is 2.12. The summed E-state index contributed by atoms with van der Waals surface area (Å²) in [5.74, 6) is 2.19. The Morgan fingerprint density at radius 2 is 2.00 bits per heavy atom. The number of ether oxygens (including phenoxy) is 3. The van der Waals surface area contributed by atoms with Crippen LogP contribution in [0.15, 0.2) is 23.6 Å². The van der Waals surface area contributed by atoms with Gasteiger partial charge in [-0.15, -0.1) is 11.3 Å². The van der Waals surface area contributed by atoms with E-state index in [1.54, 1.807) is 18.4 Å². The number of fused-ring (bicyclic) bond motifs is 3. The molecule has 186 valence electrons. The summed E-state index contributed by atoms with van der Waals surface area (Å²) >= 11 is 1.65. The van der Waals surface area contributed by atoms with Crippen LogP contribution in [-0.2, 0) is 17.6 Å². The monoisotopic (exact) mass is 495 g/mol. The molecule has 0 unspecified atom stereocenters. The molecule has 8 heteroatoms. The number of thiophene rings is 1. The van der Waals surface area contributed by atoms with Gasteiger partial charge in [-0.1, -0.05) is 0 Å². The van der Waals surface area contributed by atoms with E-state index in [0.717, 1.165) is 46.2 Å². The van der Waals surface area contributed by atoms with Crippen molar-refractivity contribution in [3.8, 4) is 27.9 Å². The van der Waals surface area contributed by atoms with Gasteiger partial charge in [0.1, 0.15) is 0 Å². The molecule has 0 radical (unpaired) electrons. The summed E-state index contributed by atoms with van der Waals surface area (Å²) in [6.45, 7) is 11.8. The molecule has 35 heavy (non-hydrogen) atoms. The predicted molar refractivity (Wildman–Crippen MR) is 137 cm³/mol. The quantitative estimate of drug-likeness (QED) is 0.495. The second-order valence-electron chi connectivity index (χ2n) is 10.2. The second-order valence-corrected chi connectivity index (χ2v) is 11.1. The maximum absolute atomic E-state index is 13.9. The number of carbonyl (C=O) groups excluding carboxylic acids is 1. The van der Waals surface area contributed by atoms with Gasteiger partial charge in [-0.25, -0.2) is 4.98 Å². The Morgan fingerprint density at radius 3 is 2.66 bits per heavy atom. The molecule has 3 aromatic rings. The first-order chi connectivity index (χ1) is 16.7. The average molecular weight is 496 g/mol. The molecule has 0 N–H and O–H groups in total. The number of imidazole rings is 1. The lowest BCUT2D eigenvalue weighted by Crippen LogP contribution is -2.55. The van der Waals surface area contributed by atoms with Crippen molar-refractivity contribution in [2.24, 2.45) is 0 Å². The van der Waals surface area contributed by atoms with Crippen LogP contribution < -0.4 is 9.47 Å². The molecule has 4 heterocycles. The van der Waals surface area contributed by atoms with E-state index >= 15 is 0 Å². The third kappa shape index (κ3) is 4.23. The zero-order chi connectivity index (χ0) is 24.9. The fraction of sp³-hybridized carbons (Fsp3) is 0.481. The van der Waals surface area contributed by atoms with Crippen molar-refractivity contribution in [2.45, 2.75) is 59.1 Å². The van der Waals surface area contributed by atoms with E-state index in [4.69, 9.17) is 19.2 Å². The van der Waals surface area contributed by atoms with E-state index < -0.39 is 0 Å². The SMILES string of the molecule is COc1cc2c(cc1OC(C)C)-n1c(-c3cc(C)cs3)nc(C(=O)N3CCOCC3(C)C)c1CC2. The Morgan fingerprint density at radius 1 is 1.20 bits per heavy atom. The van der Waals surface area contributed by atoms with Gasteiger partial charge in [0, 0.05) is 12.6 Å². The highest BCUT2D eigenvalue weighted by Gasteiger charge is 2.38. The molecule has 0 atom stereocenters. The molecule has 1 amide bonds. The zero-order valence-corrected chi connectivity index (χ0v) is 22.1. The number of aryl methyl sites for hydroxylation is 2. The summed E-state index contributed by atoms with van der Waals surface area (Å²) in [7, 11) is 1.67. The lowest BCUT2D eigenvalue weighted by molar-refractivity contribution is -0.0373. The van der Waals surface area contributed by atoms with Crippen molar-refractivity contribution in [3.05, 3.63) is 46.1 Å². The highest BCUT2D eigenvalue weighted by atomic mass is 32.1. The topological polar surface area (TPSA) is 65.8 Å². The van der Waals surface area contributed by atoms with Crippen LogP contribution >= 0.6 is 11.3 Å². The van der Waals surface area contributed by atoms with Crippen LogP contribution in [0.5, 0.6) is 11.5 Å². The Balaban J connectivity index is 1.70. The van der Waals surface area contributed by atoms with Gasteiger partial charge < -0.3 is 19.1 Å². The molecule has 5 rings (SSSR count). The molecule has 7 nitrogen and oxygen atoms in total.